The van der Waals surface area contributed by atoms with E-state index in [2.05, 4.69) is 16.9 Å². The summed E-state index contributed by atoms with van der Waals surface area (Å²) in [5.41, 5.74) is 2.06. The van der Waals surface area contributed by atoms with E-state index < -0.39 is 0 Å². The van der Waals surface area contributed by atoms with E-state index in [0.29, 0.717) is 25.0 Å². The standard InChI is InChI=1S/C10H15N2O2/c1-3-8-7(2)11-9(5-4-6-13)10(14)12-8/h13H,1,3-6H2,2H3,(H,12,14). The first-order valence-electron chi connectivity index (χ1n) is 4.64. The number of aromatic hydroxyl groups is 1. The highest BCUT2D eigenvalue weighted by molar-refractivity contribution is 5.23. The molecule has 0 aromatic carbocycles. The fourth-order valence-electron chi connectivity index (χ4n) is 1.24. The monoisotopic (exact) mass is 195 g/mol. The second-order valence-corrected chi connectivity index (χ2v) is 3.10. The van der Waals surface area contributed by atoms with Gasteiger partial charge in [0.25, 0.3) is 0 Å². The van der Waals surface area contributed by atoms with Crippen molar-refractivity contribution in [1.82, 2.24) is 9.97 Å². The zero-order chi connectivity index (χ0) is 10.6. The van der Waals surface area contributed by atoms with Crippen molar-refractivity contribution in [2.75, 3.05) is 6.61 Å². The molecule has 1 aromatic heterocycles. The Kier molecular flexibility index (Phi) is 3.83. The van der Waals surface area contributed by atoms with Crippen molar-refractivity contribution in [2.45, 2.75) is 26.2 Å². The van der Waals surface area contributed by atoms with E-state index in [4.69, 9.17) is 5.11 Å². The Morgan fingerprint density at radius 2 is 2.00 bits per heavy atom. The minimum absolute atomic E-state index is 0.0392. The van der Waals surface area contributed by atoms with Crippen molar-refractivity contribution in [3.05, 3.63) is 24.0 Å². The number of aliphatic hydroxyl groups is 1. The fraction of sp³-hybridized carbons (Fsp3) is 0.500. The van der Waals surface area contributed by atoms with Gasteiger partial charge in [-0.05, 0) is 33.1 Å². The number of hydrogen-bond donors (Lipinski definition) is 2. The maximum atomic E-state index is 9.49. The molecule has 0 saturated heterocycles. The lowest BCUT2D eigenvalue weighted by atomic mass is 10.2. The van der Waals surface area contributed by atoms with Gasteiger partial charge in [-0.1, -0.05) is 0 Å². The van der Waals surface area contributed by atoms with Crippen LogP contribution in [0.2, 0.25) is 0 Å². The van der Waals surface area contributed by atoms with Gasteiger partial charge >= 0.3 is 0 Å². The topological polar surface area (TPSA) is 66.2 Å². The van der Waals surface area contributed by atoms with Gasteiger partial charge in [0.05, 0.1) is 11.4 Å². The molecule has 77 valence electrons. The summed E-state index contributed by atoms with van der Waals surface area (Å²) in [7, 11) is 0. The van der Waals surface area contributed by atoms with E-state index >= 15 is 0 Å². The number of nitrogens with zero attached hydrogens (tertiary/aromatic N) is 2. The normalized spacial score (nSPS) is 10.5. The van der Waals surface area contributed by atoms with Crippen molar-refractivity contribution >= 4 is 0 Å². The molecule has 0 aliphatic heterocycles. The highest BCUT2D eigenvalue weighted by Gasteiger charge is 2.08. The van der Waals surface area contributed by atoms with Crippen LogP contribution in [0.15, 0.2) is 0 Å². The summed E-state index contributed by atoms with van der Waals surface area (Å²) in [6, 6.07) is 0. The van der Waals surface area contributed by atoms with Crippen LogP contribution >= 0.6 is 0 Å². The van der Waals surface area contributed by atoms with Crippen LogP contribution in [0.1, 0.15) is 23.5 Å². The van der Waals surface area contributed by atoms with Gasteiger partial charge in [-0.25, -0.2) is 4.98 Å². The molecule has 1 heterocycles. The van der Waals surface area contributed by atoms with Gasteiger partial charge in [0.15, 0.2) is 0 Å². The fourth-order valence-corrected chi connectivity index (χ4v) is 1.24. The van der Waals surface area contributed by atoms with E-state index in [1.54, 1.807) is 0 Å². The van der Waals surface area contributed by atoms with Crippen LogP contribution < -0.4 is 0 Å². The summed E-state index contributed by atoms with van der Waals surface area (Å²) in [4.78, 5) is 8.21. The van der Waals surface area contributed by atoms with Crippen LogP contribution in [0.25, 0.3) is 0 Å². The van der Waals surface area contributed by atoms with E-state index in [-0.39, 0.29) is 12.5 Å². The number of aromatic nitrogens is 2. The maximum Gasteiger partial charge on any atom is 0.233 e. The van der Waals surface area contributed by atoms with Crippen molar-refractivity contribution in [3.63, 3.8) is 0 Å². The first-order chi connectivity index (χ1) is 6.69. The SMILES string of the molecule is [CH2]Cc1nc(O)c(CCCO)nc1C. The van der Waals surface area contributed by atoms with Gasteiger partial charge in [-0.2, -0.15) is 0 Å². The predicted molar refractivity (Wildman–Crippen MR) is 52.9 cm³/mol. The van der Waals surface area contributed by atoms with E-state index in [9.17, 15) is 5.11 Å². The third kappa shape index (κ3) is 2.42. The number of rotatable bonds is 4. The lowest BCUT2D eigenvalue weighted by molar-refractivity contribution is 0.287. The molecule has 0 amide bonds. The lowest BCUT2D eigenvalue weighted by Gasteiger charge is -2.06. The lowest BCUT2D eigenvalue weighted by Crippen LogP contribution is -2.02. The summed E-state index contributed by atoms with van der Waals surface area (Å²) in [5.74, 6) is -0.0392. The first kappa shape index (κ1) is 10.9. The van der Waals surface area contributed by atoms with E-state index in [0.717, 1.165) is 11.4 Å². The zero-order valence-electron chi connectivity index (χ0n) is 8.32. The average Bonchev–Trinajstić information content (AvgIpc) is 2.18. The van der Waals surface area contributed by atoms with Gasteiger partial charge in [0, 0.05) is 6.61 Å². The molecule has 14 heavy (non-hydrogen) atoms. The van der Waals surface area contributed by atoms with Gasteiger partial charge in [0.2, 0.25) is 5.88 Å². The molecule has 0 atom stereocenters. The molecular weight excluding hydrogens is 180 g/mol. The molecule has 1 aromatic rings. The van der Waals surface area contributed by atoms with Crippen LogP contribution in [-0.4, -0.2) is 26.8 Å². The van der Waals surface area contributed by atoms with Crippen LogP contribution in [0, 0.1) is 13.8 Å². The molecule has 0 aliphatic rings. The minimum Gasteiger partial charge on any atom is -0.492 e. The molecule has 4 nitrogen and oxygen atoms in total. The minimum atomic E-state index is -0.0392. The summed E-state index contributed by atoms with van der Waals surface area (Å²) in [6.07, 6.45) is 1.66. The summed E-state index contributed by atoms with van der Waals surface area (Å²) >= 11 is 0. The highest BCUT2D eigenvalue weighted by atomic mass is 16.3. The number of hydrogen-bond acceptors (Lipinski definition) is 4. The van der Waals surface area contributed by atoms with Crippen molar-refractivity contribution in [2.24, 2.45) is 0 Å². The zero-order valence-corrected chi connectivity index (χ0v) is 8.32. The Labute approximate surface area is 83.6 Å². The molecule has 0 fully saturated rings. The summed E-state index contributed by atoms with van der Waals surface area (Å²) in [6.45, 7) is 5.63. The molecule has 0 aliphatic carbocycles. The third-order valence-corrected chi connectivity index (χ3v) is 2.03. The van der Waals surface area contributed by atoms with Gasteiger partial charge < -0.3 is 10.2 Å². The van der Waals surface area contributed by atoms with Crippen molar-refractivity contribution in [1.29, 1.82) is 0 Å². The molecule has 0 unspecified atom stereocenters. The summed E-state index contributed by atoms with van der Waals surface area (Å²) < 4.78 is 0. The van der Waals surface area contributed by atoms with Crippen LogP contribution in [0.4, 0.5) is 0 Å². The van der Waals surface area contributed by atoms with Crippen molar-refractivity contribution < 1.29 is 10.2 Å². The predicted octanol–water partition coefficient (Wildman–Crippen LogP) is 0.792. The highest BCUT2D eigenvalue weighted by Crippen LogP contribution is 2.16. The third-order valence-electron chi connectivity index (χ3n) is 2.03. The van der Waals surface area contributed by atoms with Gasteiger partial charge in [-0.3, -0.25) is 4.98 Å². The van der Waals surface area contributed by atoms with E-state index in [1.807, 2.05) is 6.92 Å². The Hall–Kier alpha value is -1.16. The molecular formula is C10H15N2O2. The molecule has 2 N–H and O–H groups in total. The average molecular weight is 195 g/mol. The summed E-state index contributed by atoms with van der Waals surface area (Å²) in [5, 5.41) is 18.1. The molecule has 1 radical (unpaired) electrons. The van der Waals surface area contributed by atoms with Crippen LogP contribution in [-0.2, 0) is 12.8 Å². The van der Waals surface area contributed by atoms with Crippen LogP contribution in [0.3, 0.4) is 0 Å². The number of aliphatic hydroxyl groups excluding tert-OH is 1. The second kappa shape index (κ2) is 4.91. The smallest absolute Gasteiger partial charge is 0.233 e. The largest absolute Gasteiger partial charge is 0.492 e. The Bertz CT molecular complexity index is 313. The Balaban J connectivity index is 2.90. The van der Waals surface area contributed by atoms with E-state index in [1.165, 1.54) is 0 Å². The van der Waals surface area contributed by atoms with Gasteiger partial charge in [0.1, 0.15) is 5.69 Å². The quantitative estimate of drug-likeness (QED) is 0.745. The molecule has 0 bridgehead atoms. The van der Waals surface area contributed by atoms with Gasteiger partial charge in [-0.15, -0.1) is 0 Å². The van der Waals surface area contributed by atoms with Crippen molar-refractivity contribution in [3.8, 4) is 5.88 Å². The molecule has 4 heteroatoms. The van der Waals surface area contributed by atoms with Crippen LogP contribution in [0.5, 0.6) is 5.88 Å². The maximum absolute atomic E-state index is 9.49. The molecule has 1 rings (SSSR count). The molecule has 0 spiro atoms. The first-order valence-corrected chi connectivity index (χ1v) is 4.64. The number of aryl methyl sites for hydroxylation is 2. The Morgan fingerprint density at radius 1 is 1.29 bits per heavy atom. The second-order valence-electron chi connectivity index (χ2n) is 3.10. The Morgan fingerprint density at radius 3 is 2.57 bits per heavy atom. The molecule has 0 saturated carbocycles.